The summed E-state index contributed by atoms with van der Waals surface area (Å²) in [4.78, 5) is 3.87. The van der Waals surface area contributed by atoms with Gasteiger partial charge in [0.05, 0.1) is 78.8 Å². The molecular weight excluding hydrogens is 543 g/mol. The van der Waals surface area contributed by atoms with E-state index in [1.165, 1.54) is 0 Å². The first-order valence-electron chi connectivity index (χ1n) is 14.4. The smallest absolute Gasteiger partial charge is 0.136 e. The van der Waals surface area contributed by atoms with Gasteiger partial charge in [-0.25, -0.2) is 0 Å². The van der Waals surface area contributed by atoms with E-state index in [0.717, 1.165) is 118 Å². The summed E-state index contributed by atoms with van der Waals surface area (Å²) in [5, 5.41) is 45.1. The second-order valence-corrected chi connectivity index (χ2v) is 12.1. The maximum atomic E-state index is 9.73. The molecule has 6 N–H and O–H groups in total. The van der Waals surface area contributed by atoms with Crippen LogP contribution in [0.3, 0.4) is 0 Å². The van der Waals surface area contributed by atoms with Gasteiger partial charge in [0.2, 0.25) is 0 Å². The minimum absolute atomic E-state index is 0.159. The molecule has 2 aliphatic heterocycles. The van der Waals surface area contributed by atoms with Gasteiger partial charge in [-0.3, -0.25) is 9.80 Å². The summed E-state index contributed by atoms with van der Waals surface area (Å²) in [5.41, 5.74) is 2.66. The van der Waals surface area contributed by atoms with E-state index in [9.17, 15) is 20.4 Å². The van der Waals surface area contributed by atoms with E-state index in [1.807, 2.05) is 18.2 Å². The van der Waals surface area contributed by atoms with Crippen molar-refractivity contribution in [2.24, 2.45) is 0 Å². The zero-order chi connectivity index (χ0) is 28.1. The van der Waals surface area contributed by atoms with E-state index in [1.54, 1.807) is 0 Å². The van der Waals surface area contributed by atoms with Crippen LogP contribution in [0.15, 0.2) is 18.2 Å². The molecule has 0 aliphatic carbocycles. The first-order valence-corrected chi connectivity index (χ1v) is 15.2. The molecule has 0 spiro atoms. The second kappa shape index (κ2) is 16.5. The lowest BCUT2D eigenvalue weighted by molar-refractivity contribution is -0.930. The molecule has 0 amide bonds. The Kier molecular flexibility index (Phi) is 13.8. The van der Waals surface area contributed by atoms with Crippen LogP contribution in [0.2, 0.25) is 0 Å². The molecule has 2 fully saturated rings. The topological polar surface area (TPSA) is 111 Å². The fourth-order valence-electron chi connectivity index (χ4n) is 6.10. The second-order valence-electron chi connectivity index (χ2n) is 11.0. The predicted molar refractivity (Wildman–Crippen MR) is 159 cm³/mol. The van der Waals surface area contributed by atoms with Crippen LogP contribution in [-0.2, 0) is 0 Å². The van der Waals surface area contributed by atoms with Gasteiger partial charge in [0.25, 0.3) is 0 Å². The Morgan fingerprint density at radius 2 is 1.08 bits per heavy atom. The van der Waals surface area contributed by atoms with E-state index in [-0.39, 0.29) is 26.4 Å². The summed E-state index contributed by atoms with van der Waals surface area (Å²) in [7, 11) is 0. The molecule has 0 atom stereocenters. The number of β-amino-alcohol motifs (C(OH)–C–C–N with tert-alkyl or cyclic N) is 2. The maximum Gasteiger partial charge on any atom is 0.136 e. The summed E-state index contributed by atoms with van der Waals surface area (Å²) in [6.07, 6.45) is 0. The molecule has 39 heavy (non-hydrogen) atoms. The normalized spacial score (nSPS) is 19.9. The molecule has 2 heterocycles. The van der Waals surface area contributed by atoms with Gasteiger partial charge in [0, 0.05) is 56.2 Å². The lowest BCUT2D eigenvalue weighted by Crippen LogP contribution is -2.62. The van der Waals surface area contributed by atoms with Crippen LogP contribution in [0.5, 0.6) is 0 Å². The quantitative estimate of drug-likeness (QED) is 0.113. The van der Waals surface area contributed by atoms with Crippen LogP contribution in [0, 0.1) is 0 Å². The van der Waals surface area contributed by atoms with E-state index in [2.05, 4.69) is 20.4 Å². The van der Waals surface area contributed by atoms with Gasteiger partial charge in [0.15, 0.2) is 0 Å². The van der Waals surface area contributed by atoms with Crippen molar-refractivity contribution in [3.63, 3.8) is 0 Å². The monoisotopic (exact) mass is 592 g/mol. The van der Waals surface area contributed by atoms with Crippen molar-refractivity contribution in [1.29, 1.82) is 0 Å². The number of nitrogens with one attached hydrogen (secondary N) is 2. The van der Waals surface area contributed by atoms with Crippen molar-refractivity contribution in [2.45, 2.75) is 4.84 Å². The summed E-state index contributed by atoms with van der Waals surface area (Å²) in [5.74, 6) is 0. The van der Waals surface area contributed by atoms with Gasteiger partial charge < -0.3 is 40.0 Å². The van der Waals surface area contributed by atoms with Crippen molar-refractivity contribution in [1.82, 2.24) is 9.80 Å². The Morgan fingerprint density at radius 1 is 0.667 bits per heavy atom. The minimum Gasteiger partial charge on any atom is -0.395 e. The molecule has 0 aromatic heterocycles. The summed E-state index contributed by atoms with van der Waals surface area (Å²) in [6.45, 7) is 14.3. The van der Waals surface area contributed by atoms with E-state index < -0.39 is 4.84 Å². The number of hydrogen-bond donors (Lipinski definition) is 6. The van der Waals surface area contributed by atoms with Crippen molar-refractivity contribution in [3.05, 3.63) is 23.8 Å². The highest BCUT2D eigenvalue weighted by atomic mass is 35.5. The zero-order valence-corrected chi connectivity index (χ0v) is 24.8. The molecule has 0 saturated carbocycles. The molecule has 3 rings (SSSR count). The third kappa shape index (κ3) is 9.56. The molecule has 2 saturated heterocycles. The lowest BCUT2D eigenvalue weighted by atomic mass is 10.1. The van der Waals surface area contributed by atoms with Crippen LogP contribution >= 0.6 is 23.2 Å². The highest BCUT2D eigenvalue weighted by Crippen LogP contribution is 2.37. The first-order chi connectivity index (χ1) is 18.9. The number of rotatable bonds is 17. The van der Waals surface area contributed by atoms with Crippen LogP contribution in [-0.4, -0.2) is 170 Å². The largest absolute Gasteiger partial charge is 0.395 e. The average Bonchev–Trinajstić information content (AvgIpc) is 2.92. The van der Waals surface area contributed by atoms with E-state index in [4.69, 9.17) is 23.2 Å². The summed E-state index contributed by atoms with van der Waals surface area (Å²) in [6, 6.07) is 6.02. The van der Waals surface area contributed by atoms with Gasteiger partial charge in [0.1, 0.15) is 17.9 Å². The number of aliphatic hydroxyl groups excluding tert-OH is 4. The number of aliphatic hydroxyl groups is 4. The highest BCUT2D eigenvalue weighted by molar-refractivity contribution is 6.44. The Labute approximate surface area is 243 Å². The van der Waals surface area contributed by atoms with Crippen LogP contribution in [0.1, 0.15) is 10.4 Å². The number of alkyl halides is 2. The molecule has 224 valence electrons. The zero-order valence-electron chi connectivity index (χ0n) is 23.3. The molecule has 0 radical (unpaired) electrons. The first kappa shape index (κ1) is 32.6. The molecule has 0 unspecified atom stereocenters. The fourth-order valence-corrected chi connectivity index (χ4v) is 6.57. The van der Waals surface area contributed by atoms with Crippen LogP contribution < -0.4 is 10.6 Å². The molecule has 10 nitrogen and oxygen atoms in total. The van der Waals surface area contributed by atoms with Crippen molar-refractivity contribution in [3.8, 4) is 0 Å². The van der Waals surface area contributed by atoms with Gasteiger partial charge in [-0.15, -0.1) is 0 Å². The summed E-state index contributed by atoms with van der Waals surface area (Å²) >= 11 is 12.9. The number of halogens is 2. The van der Waals surface area contributed by atoms with Gasteiger partial charge in [-0.05, 0) is 12.1 Å². The number of anilines is 2. The average molecular weight is 594 g/mol. The van der Waals surface area contributed by atoms with Crippen LogP contribution in [0.4, 0.5) is 11.4 Å². The van der Waals surface area contributed by atoms with Crippen molar-refractivity contribution < 1.29 is 29.4 Å². The molecular formula is C27H50Cl2N6O4+2. The summed E-state index contributed by atoms with van der Waals surface area (Å²) < 4.78 is 1.70. The van der Waals surface area contributed by atoms with Crippen molar-refractivity contribution >= 4 is 34.6 Å². The molecule has 1 aromatic carbocycles. The number of benzene rings is 1. The Balaban J connectivity index is 1.59. The van der Waals surface area contributed by atoms with Gasteiger partial charge in [-0.1, -0.05) is 29.3 Å². The Hall–Kier alpha value is -0.920. The van der Waals surface area contributed by atoms with Crippen LogP contribution in [0.25, 0.3) is 0 Å². The minimum atomic E-state index is -0.693. The molecule has 0 bridgehead atoms. The van der Waals surface area contributed by atoms with Gasteiger partial charge in [-0.2, -0.15) is 0 Å². The molecule has 12 heteroatoms. The third-order valence-corrected chi connectivity index (χ3v) is 9.11. The van der Waals surface area contributed by atoms with E-state index in [0.29, 0.717) is 13.1 Å². The Bertz CT molecular complexity index is 776. The molecule has 1 aromatic rings. The third-order valence-electron chi connectivity index (χ3n) is 8.67. The molecule has 2 aliphatic rings. The fraction of sp³-hybridized carbons (Fsp3) is 0.778. The predicted octanol–water partition coefficient (Wildman–Crippen LogP) is 0.221. The lowest BCUT2D eigenvalue weighted by Gasteiger charge is -2.44. The SMILES string of the molecule is OCCN1CC[N+](CCO)(CCNc2cccc(NCC[N+]3(CCO)CCN(CCO)CC3)c2C(Cl)Cl)CC1. The maximum absolute atomic E-state index is 9.73. The highest BCUT2D eigenvalue weighted by Gasteiger charge is 2.33. The van der Waals surface area contributed by atoms with Gasteiger partial charge >= 0.3 is 0 Å². The number of nitrogens with zero attached hydrogens (tertiary/aromatic N) is 4. The standard InChI is InChI=1S/C27H50Cl2N6O4/c28-27(29)26-24(30-4-12-34(18-22-38)14-6-32(7-15-34)10-20-36)2-1-3-25(26)31-5-13-35(19-23-39)16-8-33(9-17-35)11-21-37/h1-3,27,30-31,36-39H,4-23H2/q+2. The van der Waals surface area contributed by atoms with Crippen molar-refractivity contribution in [2.75, 3.05) is 142 Å². The van der Waals surface area contributed by atoms with E-state index >= 15 is 0 Å². The number of piperazine rings is 2. The number of quaternary nitrogens is 2. The Morgan fingerprint density at radius 3 is 1.41 bits per heavy atom. The number of hydrogen-bond acceptors (Lipinski definition) is 8.